The maximum absolute atomic E-state index is 14.8. The highest BCUT2D eigenvalue weighted by Gasteiger charge is 2.35. The fourth-order valence-electron chi connectivity index (χ4n) is 5.50. The molecule has 0 saturated heterocycles. The zero-order valence-electron chi connectivity index (χ0n) is 21.7. The fraction of sp³-hybridized carbons (Fsp3) is 0.188. The molecule has 0 bridgehead atoms. The Morgan fingerprint density at radius 1 is 0.550 bits per heavy atom. The van der Waals surface area contributed by atoms with Gasteiger partial charge in [-0.15, -0.1) is 0 Å². The molecule has 2 aliphatic heterocycles. The Morgan fingerprint density at radius 2 is 0.925 bits per heavy atom. The van der Waals surface area contributed by atoms with E-state index in [2.05, 4.69) is 10.6 Å². The number of para-hydroxylation sites is 2. The minimum atomic E-state index is -0.667. The molecule has 0 radical (unpaired) electrons. The summed E-state index contributed by atoms with van der Waals surface area (Å²) < 4.78 is 29.6. The molecule has 6 rings (SSSR count). The lowest BCUT2D eigenvalue weighted by atomic mass is 10.0. The van der Waals surface area contributed by atoms with Crippen molar-refractivity contribution in [3.8, 4) is 0 Å². The first-order valence-electron chi connectivity index (χ1n) is 13.3. The Labute approximate surface area is 231 Å². The second kappa shape index (κ2) is 10.8. The molecule has 202 valence electrons. The molecule has 4 aromatic carbocycles. The quantitative estimate of drug-likeness (QED) is 0.261. The minimum Gasteiger partial charge on any atom is -0.361 e. The van der Waals surface area contributed by atoms with Crippen LogP contribution >= 0.6 is 0 Å². The SMILES string of the molecule is O=C1c2ccccc2NC(c2ccccc2F)N1CCCCN1C(=O)c2ccccc2NC1c1ccccc1F. The highest BCUT2D eigenvalue weighted by molar-refractivity contribution is 6.02. The van der Waals surface area contributed by atoms with Crippen LogP contribution in [0.5, 0.6) is 0 Å². The summed E-state index contributed by atoms with van der Waals surface area (Å²) in [4.78, 5) is 30.3. The van der Waals surface area contributed by atoms with Gasteiger partial charge in [-0.05, 0) is 49.2 Å². The first-order chi connectivity index (χ1) is 19.5. The first-order valence-corrected chi connectivity index (χ1v) is 13.3. The van der Waals surface area contributed by atoms with Gasteiger partial charge >= 0.3 is 0 Å². The van der Waals surface area contributed by atoms with E-state index in [-0.39, 0.29) is 11.8 Å². The number of hydrogen-bond acceptors (Lipinski definition) is 4. The predicted octanol–water partition coefficient (Wildman–Crippen LogP) is 6.58. The molecule has 4 aromatic rings. The molecule has 2 atom stereocenters. The Morgan fingerprint density at radius 3 is 1.35 bits per heavy atom. The van der Waals surface area contributed by atoms with Gasteiger partial charge in [-0.2, -0.15) is 0 Å². The lowest BCUT2D eigenvalue weighted by molar-refractivity contribution is 0.0638. The van der Waals surface area contributed by atoms with Gasteiger partial charge in [-0.1, -0.05) is 60.7 Å². The van der Waals surface area contributed by atoms with Gasteiger partial charge in [0.25, 0.3) is 11.8 Å². The van der Waals surface area contributed by atoms with Gasteiger partial charge in [-0.3, -0.25) is 9.59 Å². The topological polar surface area (TPSA) is 64.7 Å². The van der Waals surface area contributed by atoms with Crippen molar-refractivity contribution >= 4 is 23.2 Å². The van der Waals surface area contributed by atoms with Gasteiger partial charge < -0.3 is 20.4 Å². The number of carbonyl (C=O) groups is 2. The van der Waals surface area contributed by atoms with Crippen molar-refractivity contribution in [2.24, 2.45) is 0 Å². The zero-order valence-corrected chi connectivity index (χ0v) is 21.7. The number of halogens is 2. The number of anilines is 2. The summed E-state index contributed by atoms with van der Waals surface area (Å²) >= 11 is 0. The summed E-state index contributed by atoms with van der Waals surface area (Å²) in [5.41, 5.74) is 3.15. The third-order valence-corrected chi connectivity index (χ3v) is 7.49. The molecule has 0 spiro atoms. The van der Waals surface area contributed by atoms with E-state index >= 15 is 0 Å². The molecule has 2 heterocycles. The van der Waals surface area contributed by atoms with Crippen LogP contribution in [0.25, 0.3) is 0 Å². The van der Waals surface area contributed by atoms with Crippen LogP contribution in [-0.4, -0.2) is 34.7 Å². The Balaban J connectivity index is 1.22. The number of nitrogens with zero attached hydrogens (tertiary/aromatic N) is 2. The highest BCUT2D eigenvalue weighted by Crippen LogP contribution is 2.36. The van der Waals surface area contributed by atoms with Crippen molar-refractivity contribution in [3.63, 3.8) is 0 Å². The summed E-state index contributed by atoms with van der Waals surface area (Å²) in [6, 6.07) is 27.3. The maximum Gasteiger partial charge on any atom is 0.257 e. The molecule has 2 aliphatic rings. The second-order valence-electron chi connectivity index (χ2n) is 9.93. The average Bonchev–Trinajstić information content (AvgIpc) is 2.97. The molecule has 2 N–H and O–H groups in total. The molecular formula is C32H28F2N4O2. The number of rotatable bonds is 7. The smallest absolute Gasteiger partial charge is 0.257 e. The van der Waals surface area contributed by atoms with Crippen molar-refractivity contribution in [1.29, 1.82) is 0 Å². The third-order valence-electron chi connectivity index (χ3n) is 7.49. The third kappa shape index (κ3) is 4.66. The van der Waals surface area contributed by atoms with Gasteiger partial charge in [0.05, 0.1) is 11.1 Å². The summed E-state index contributed by atoms with van der Waals surface area (Å²) in [7, 11) is 0. The van der Waals surface area contributed by atoms with Crippen molar-refractivity contribution in [2.45, 2.75) is 25.2 Å². The number of amides is 2. The molecule has 0 saturated carbocycles. The normalized spacial score (nSPS) is 18.1. The van der Waals surface area contributed by atoms with Gasteiger partial charge in [0.1, 0.15) is 24.0 Å². The molecule has 2 unspecified atom stereocenters. The van der Waals surface area contributed by atoms with E-state index in [0.29, 0.717) is 59.6 Å². The number of hydrogen-bond donors (Lipinski definition) is 2. The van der Waals surface area contributed by atoms with E-state index in [4.69, 9.17) is 0 Å². The van der Waals surface area contributed by atoms with Crippen LogP contribution < -0.4 is 10.6 Å². The Hall–Kier alpha value is -4.72. The van der Waals surface area contributed by atoms with Gasteiger partial charge in [0.2, 0.25) is 0 Å². The summed E-state index contributed by atoms with van der Waals surface area (Å²) in [6.07, 6.45) is -0.230. The van der Waals surface area contributed by atoms with Crippen LogP contribution in [0.1, 0.15) is 57.0 Å². The lowest BCUT2D eigenvalue weighted by Gasteiger charge is -2.39. The van der Waals surface area contributed by atoms with Crippen molar-refractivity contribution in [2.75, 3.05) is 23.7 Å². The maximum atomic E-state index is 14.8. The molecule has 2 amide bonds. The summed E-state index contributed by atoms with van der Waals surface area (Å²) in [6.45, 7) is 0.686. The fourth-order valence-corrected chi connectivity index (χ4v) is 5.50. The zero-order chi connectivity index (χ0) is 27.6. The van der Waals surface area contributed by atoms with Gasteiger partial charge in [0, 0.05) is 35.6 Å². The second-order valence-corrected chi connectivity index (χ2v) is 9.93. The van der Waals surface area contributed by atoms with Gasteiger partial charge in [0.15, 0.2) is 0 Å². The minimum absolute atomic E-state index is 0.184. The van der Waals surface area contributed by atoms with Crippen LogP contribution in [0.4, 0.5) is 20.2 Å². The van der Waals surface area contributed by atoms with E-state index in [1.165, 1.54) is 12.1 Å². The Kier molecular flexibility index (Phi) is 6.90. The average molecular weight is 539 g/mol. The standard InChI is InChI=1S/C32H28F2N4O2/c33-25-15-5-1-11-21(25)29-35-27-17-7-3-13-23(27)31(39)37(29)19-9-10-20-38-30(22-12-2-6-16-26(22)34)36-28-18-8-4-14-24(28)32(38)40/h1-8,11-18,29-30,35-36H,9-10,19-20H2. The van der Waals surface area contributed by atoms with Crippen molar-refractivity contribution in [3.05, 3.63) is 131 Å². The van der Waals surface area contributed by atoms with Crippen LogP contribution in [-0.2, 0) is 0 Å². The highest BCUT2D eigenvalue weighted by atomic mass is 19.1. The Bertz CT molecular complexity index is 1460. The summed E-state index contributed by atoms with van der Waals surface area (Å²) in [5.74, 6) is -1.16. The number of unbranched alkanes of at least 4 members (excludes halogenated alkanes) is 1. The van der Waals surface area contributed by atoms with Crippen LogP contribution in [0.2, 0.25) is 0 Å². The predicted molar refractivity (Wildman–Crippen MR) is 150 cm³/mol. The van der Waals surface area contributed by atoms with Crippen LogP contribution in [0, 0.1) is 11.6 Å². The number of benzene rings is 4. The number of carbonyl (C=O) groups excluding carboxylic acids is 2. The van der Waals surface area contributed by atoms with Crippen molar-refractivity contribution in [1.82, 2.24) is 9.80 Å². The summed E-state index contributed by atoms with van der Waals surface area (Å²) in [5, 5.41) is 6.65. The number of fused-ring (bicyclic) bond motifs is 2. The van der Waals surface area contributed by atoms with Crippen LogP contribution in [0.3, 0.4) is 0 Å². The van der Waals surface area contributed by atoms with E-state index in [9.17, 15) is 18.4 Å². The van der Waals surface area contributed by atoms with E-state index in [1.54, 1.807) is 70.5 Å². The van der Waals surface area contributed by atoms with Gasteiger partial charge in [-0.25, -0.2) is 8.78 Å². The first kappa shape index (κ1) is 25.6. The van der Waals surface area contributed by atoms with E-state index in [1.807, 2.05) is 24.3 Å². The van der Waals surface area contributed by atoms with Crippen molar-refractivity contribution < 1.29 is 18.4 Å². The van der Waals surface area contributed by atoms with E-state index < -0.39 is 24.0 Å². The van der Waals surface area contributed by atoms with Crippen LogP contribution in [0.15, 0.2) is 97.1 Å². The largest absolute Gasteiger partial charge is 0.361 e. The molecule has 8 heteroatoms. The lowest BCUT2D eigenvalue weighted by Crippen LogP contribution is -2.45. The number of nitrogens with one attached hydrogen (secondary N) is 2. The molecule has 40 heavy (non-hydrogen) atoms. The molecule has 0 aliphatic carbocycles. The monoisotopic (exact) mass is 538 g/mol. The molecule has 0 fully saturated rings. The molecular weight excluding hydrogens is 510 g/mol. The molecule has 0 aromatic heterocycles. The van der Waals surface area contributed by atoms with E-state index in [0.717, 1.165) is 0 Å². The molecule has 6 nitrogen and oxygen atoms in total.